The van der Waals surface area contributed by atoms with Crippen LogP contribution in [0.1, 0.15) is 42.5 Å². The number of esters is 1. The van der Waals surface area contributed by atoms with Crippen molar-refractivity contribution < 1.29 is 9.53 Å². The summed E-state index contributed by atoms with van der Waals surface area (Å²) in [5, 5.41) is 3.53. The average Bonchev–Trinajstić information content (AvgIpc) is 2.62. The Kier molecular flexibility index (Phi) is 6.76. The highest BCUT2D eigenvalue weighted by molar-refractivity contribution is 5.81. The van der Waals surface area contributed by atoms with Gasteiger partial charge in [-0.1, -0.05) is 74.5 Å². The van der Waals surface area contributed by atoms with Crippen molar-refractivity contribution in [3.05, 3.63) is 83.4 Å². The Bertz CT molecular complexity index is 677. The SMILES string of the molecule is COC(=O)/C=C/[C@@H](NCc1ccccc1)c1ccccc1C(C)C. The van der Waals surface area contributed by atoms with Gasteiger partial charge in [0.1, 0.15) is 0 Å². The van der Waals surface area contributed by atoms with Crippen molar-refractivity contribution in [1.82, 2.24) is 5.32 Å². The third kappa shape index (κ3) is 5.07. The van der Waals surface area contributed by atoms with Gasteiger partial charge in [0, 0.05) is 12.6 Å². The lowest BCUT2D eigenvalue weighted by Gasteiger charge is -2.21. The van der Waals surface area contributed by atoms with E-state index in [1.807, 2.05) is 30.3 Å². The van der Waals surface area contributed by atoms with Gasteiger partial charge in [-0.15, -0.1) is 0 Å². The van der Waals surface area contributed by atoms with Crippen molar-refractivity contribution >= 4 is 5.97 Å². The van der Waals surface area contributed by atoms with Crippen LogP contribution in [0.25, 0.3) is 0 Å². The topological polar surface area (TPSA) is 38.3 Å². The van der Waals surface area contributed by atoms with Gasteiger partial charge in [0.05, 0.1) is 13.2 Å². The molecule has 0 saturated heterocycles. The number of carbonyl (C=O) groups excluding carboxylic acids is 1. The molecular formula is C21H25NO2. The van der Waals surface area contributed by atoms with Crippen molar-refractivity contribution in [3.8, 4) is 0 Å². The Hall–Kier alpha value is -2.39. The predicted octanol–water partition coefficient (Wildman–Crippen LogP) is 4.37. The molecule has 0 heterocycles. The monoisotopic (exact) mass is 323 g/mol. The average molecular weight is 323 g/mol. The maximum Gasteiger partial charge on any atom is 0.330 e. The number of nitrogens with one attached hydrogen (secondary N) is 1. The Morgan fingerprint density at radius 2 is 1.67 bits per heavy atom. The molecule has 0 fully saturated rings. The largest absolute Gasteiger partial charge is 0.466 e. The number of ether oxygens (including phenoxy) is 1. The van der Waals surface area contributed by atoms with Gasteiger partial charge in [-0.3, -0.25) is 0 Å². The molecule has 0 unspecified atom stereocenters. The lowest BCUT2D eigenvalue weighted by Crippen LogP contribution is -2.21. The highest BCUT2D eigenvalue weighted by Crippen LogP contribution is 2.26. The summed E-state index contributed by atoms with van der Waals surface area (Å²) in [5.74, 6) is 0.0669. The summed E-state index contributed by atoms with van der Waals surface area (Å²) in [6, 6.07) is 18.5. The van der Waals surface area contributed by atoms with E-state index in [2.05, 4.69) is 49.5 Å². The highest BCUT2D eigenvalue weighted by Gasteiger charge is 2.14. The number of benzene rings is 2. The molecule has 0 saturated carbocycles. The molecule has 0 aromatic heterocycles. The fraction of sp³-hybridized carbons (Fsp3) is 0.286. The van der Waals surface area contributed by atoms with Crippen molar-refractivity contribution in [2.75, 3.05) is 7.11 Å². The van der Waals surface area contributed by atoms with Crippen LogP contribution < -0.4 is 5.32 Å². The van der Waals surface area contributed by atoms with Gasteiger partial charge < -0.3 is 10.1 Å². The van der Waals surface area contributed by atoms with Gasteiger partial charge in [0.15, 0.2) is 0 Å². The van der Waals surface area contributed by atoms with Crippen LogP contribution in [0.3, 0.4) is 0 Å². The van der Waals surface area contributed by atoms with E-state index < -0.39 is 0 Å². The van der Waals surface area contributed by atoms with Gasteiger partial charge in [-0.2, -0.15) is 0 Å². The fourth-order valence-electron chi connectivity index (χ4n) is 2.67. The van der Waals surface area contributed by atoms with Crippen LogP contribution in [0.15, 0.2) is 66.7 Å². The van der Waals surface area contributed by atoms with Crippen molar-refractivity contribution in [2.24, 2.45) is 0 Å². The normalized spacial score (nSPS) is 12.5. The van der Waals surface area contributed by atoms with Gasteiger partial charge >= 0.3 is 5.97 Å². The molecule has 2 rings (SSSR count). The first kappa shape index (κ1) is 18.0. The fourth-order valence-corrected chi connectivity index (χ4v) is 2.67. The minimum atomic E-state index is -0.344. The minimum absolute atomic E-state index is 0.0529. The van der Waals surface area contributed by atoms with Crippen molar-refractivity contribution in [3.63, 3.8) is 0 Å². The third-order valence-corrected chi connectivity index (χ3v) is 3.95. The molecule has 2 aromatic carbocycles. The van der Waals surface area contributed by atoms with Gasteiger partial charge in [0.2, 0.25) is 0 Å². The predicted molar refractivity (Wildman–Crippen MR) is 97.7 cm³/mol. The summed E-state index contributed by atoms with van der Waals surface area (Å²) in [5.41, 5.74) is 3.66. The van der Waals surface area contributed by atoms with E-state index in [0.717, 1.165) is 6.54 Å². The number of methoxy groups -OCH3 is 1. The molecule has 24 heavy (non-hydrogen) atoms. The van der Waals surface area contributed by atoms with E-state index in [4.69, 9.17) is 4.74 Å². The molecule has 0 radical (unpaired) electrons. The van der Waals surface area contributed by atoms with E-state index in [0.29, 0.717) is 5.92 Å². The molecule has 126 valence electrons. The second-order valence-electron chi connectivity index (χ2n) is 6.01. The Morgan fingerprint density at radius 1 is 1.04 bits per heavy atom. The number of hydrogen-bond donors (Lipinski definition) is 1. The maximum absolute atomic E-state index is 11.5. The minimum Gasteiger partial charge on any atom is -0.466 e. The standard InChI is InChI=1S/C21H25NO2/c1-16(2)18-11-7-8-12-19(18)20(13-14-21(23)24-3)22-15-17-9-5-4-6-10-17/h4-14,16,20,22H,15H2,1-3H3/b14-13+/t20-/m1/s1. The molecular weight excluding hydrogens is 298 g/mol. The molecule has 3 heteroatoms. The quantitative estimate of drug-likeness (QED) is 0.607. The molecule has 0 aliphatic heterocycles. The molecule has 0 bridgehead atoms. The van der Waals surface area contributed by atoms with E-state index >= 15 is 0 Å². The molecule has 3 nitrogen and oxygen atoms in total. The summed E-state index contributed by atoms with van der Waals surface area (Å²) in [7, 11) is 1.39. The Labute approximate surface area is 144 Å². The maximum atomic E-state index is 11.5. The van der Waals surface area contributed by atoms with Crippen LogP contribution in [0, 0.1) is 0 Å². The summed E-state index contributed by atoms with van der Waals surface area (Å²) in [6.45, 7) is 5.08. The van der Waals surface area contributed by atoms with E-state index in [9.17, 15) is 4.79 Å². The van der Waals surface area contributed by atoms with Crippen molar-refractivity contribution in [2.45, 2.75) is 32.4 Å². The van der Waals surface area contributed by atoms with Crippen molar-refractivity contribution in [1.29, 1.82) is 0 Å². The molecule has 0 spiro atoms. The van der Waals surface area contributed by atoms with E-state index in [-0.39, 0.29) is 12.0 Å². The first-order chi connectivity index (χ1) is 11.6. The molecule has 0 aliphatic rings. The molecule has 1 N–H and O–H groups in total. The van der Waals surface area contributed by atoms with E-state index in [1.54, 1.807) is 0 Å². The number of carbonyl (C=O) groups is 1. The highest BCUT2D eigenvalue weighted by atomic mass is 16.5. The van der Waals surface area contributed by atoms with Gasteiger partial charge in [0.25, 0.3) is 0 Å². The summed E-state index contributed by atoms with van der Waals surface area (Å²) in [6.07, 6.45) is 3.36. The first-order valence-electron chi connectivity index (χ1n) is 8.24. The zero-order valence-corrected chi connectivity index (χ0v) is 14.5. The lowest BCUT2D eigenvalue weighted by molar-refractivity contribution is -0.134. The summed E-state index contributed by atoms with van der Waals surface area (Å²) in [4.78, 5) is 11.5. The third-order valence-electron chi connectivity index (χ3n) is 3.95. The van der Waals surface area contributed by atoms with Crippen LogP contribution in [0.5, 0.6) is 0 Å². The molecule has 0 aliphatic carbocycles. The summed E-state index contributed by atoms with van der Waals surface area (Å²) < 4.78 is 4.72. The number of rotatable bonds is 7. The molecule has 2 aromatic rings. The number of hydrogen-bond acceptors (Lipinski definition) is 3. The second kappa shape index (κ2) is 9.04. The smallest absolute Gasteiger partial charge is 0.330 e. The van der Waals surface area contributed by atoms with Gasteiger partial charge in [-0.05, 0) is 22.6 Å². The molecule has 0 amide bonds. The van der Waals surface area contributed by atoms with Crippen LogP contribution in [0.4, 0.5) is 0 Å². The zero-order valence-electron chi connectivity index (χ0n) is 14.5. The zero-order chi connectivity index (χ0) is 17.4. The van der Waals surface area contributed by atoms with Gasteiger partial charge in [-0.25, -0.2) is 4.79 Å². The van der Waals surface area contributed by atoms with E-state index in [1.165, 1.54) is 29.9 Å². The summed E-state index contributed by atoms with van der Waals surface area (Å²) >= 11 is 0. The van der Waals surface area contributed by atoms with Crippen LogP contribution >= 0.6 is 0 Å². The lowest BCUT2D eigenvalue weighted by atomic mass is 9.92. The Balaban J connectivity index is 2.25. The Morgan fingerprint density at radius 3 is 2.29 bits per heavy atom. The van der Waals surface area contributed by atoms with Crippen LogP contribution in [-0.2, 0) is 16.1 Å². The first-order valence-corrected chi connectivity index (χ1v) is 8.24. The molecule has 1 atom stereocenters. The second-order valence-corrected chi connectivity index (χ2v) is 6.01. The van der Waals surface area contributed by atoms with Crippen LogP contribution in [0.2, 0.25) is 0 Å². The van der Waals surface area contributed by atoms with Crippen LogP contribution in [-0.4, -0.2) is 13.1 Å².